The fraction of sp³-hybridized carbons (Fsp3) is 0.294. The highest BCUT2D eigenvalue weighted by molar-refractivity contribution is 14.1. The van der Waals surface area contributed by atoms with E-state index >= 15 is 0 Å². The van der Waals surface area contributed by atoms with Gasteiger partial charge in [-0.1, -0.05) is 23.9 Å². The monoisotopic (exact) mass is 397 g/mol. The maximum Gasteiger partial charge on any atom is 0.0131 e. The van der Waals surface area contributed by atoms with Crippen molar-refractivity contribution in [1.29, 1.82) is 0 Å². The van der Waals surface area contributed by atoms with Crippen molar-refractivity contribution < 1.29 is 0 Å². The molecule has 1 nitrogen and oxygen atoms in total. The Bertz CT molecular complexity index is 520. The van der Waals surface area contributed by atoms with E-state index in [-0.39, 0.29) is 0 Å². The first-order valence-corrected chi connectivity index (χ1v) is 8.70. The zero-order valence-corrected chi connectivity index (χ0v) is 14.9. The molecule has 0 heterocycles. The summed E-state index contributed by atoms with van der Waals surface area (Å²) >= 11 is 4.16. The van der Waals surface area contributed by atoms with E-state index < -0.39 is 0 Å². The Labute approximate surface area is 139 Å². The summed E-state index contributed by atoms with van der Waals surface area (Å²) in [6.07, 6.45) is 2.38. The van der Waals surface area contributed by atoms with Crippen molar-refractivity contribution in [2.45, 2.75) is 22.6 Å². The highest BCUT2D eigenvalue weighted by Crippen LogP contribution is 2.28. The van der Waals surface area contributed by atoms with E-state index in [2.05, 4.69) is 90.1 Å². The van der Waals surface area contributed by atoms with Crippen molar-refractivity contribution >= 4 is 34.4 Å². The summed E-state index contributed by atoms with van der Waals surface area (Å²) in [6, 6.07) is 17.6. The second kappa shape index (κ2) is 8.05. The molecular formula is C17H20INS. The van der Waals surface area contributed by atoms with Gasteiger partial charge in [-0.15, -0.1) is 0 Å². The summed E-state index contributed by atoms with van der Waals surface area (Å²) in [5.74, 6) is 0. The first-order chi connectivity index (χ1) is 9.63. The van der Waals surface area contributed by atoms with E-state index in [4.69, 9.17) is 0 Å². The van der Waals surface area contributed by atoms with E-state index in [9.17, 15) is 0 Å². The second-order valence-corrected chi connectivity index (χ2v) is 7.50. The van der Waals surface area contributed by atoms with Gasteiger partial charge in [0.15, 0.2) is 0 Å². The Morgan fingerprint density at radius 1 is 0.900 bits per heavy atom. The first-order valence-electron chi connectivity index (χ1n) is 6.80. The summed E-state index contributed by atoms with van der Waals surface area (Å²) < 4.78 is 1.28. The van der Waals surface area contributed by atoms with Gasteiger partial charge in [0, 0.05) is 13.4 Å². The van der Waals surface area contributed by atoms with Gasteiger partial charge in [-0.3, -0.25) is 0 Å². The Kier molecular flexibility index (Phi) is 6.39. The molecule has 2 aromatic carbocycles. The molecule has 0 aromatic heterocycles. The minimum absolute atomic E-state index is 1.15. The van der Waals surface area contributed by atoms with Crippen molar-refractivity contribution in [3.8, 4) is 0 Å². The van der Waals surface area contributed by atoms with Gasteiger partial charge < -0.3 is 4.90 Å². The summed E-state index contributed by atoms with van der Waals surface area (Å²) in [5, 5.41) is 0. The molecule has 0 radical (unpaired) electrons. The van der Waals surface area contributed by atoms with Crippen LogP contribution in [0, 0.1) is 3.57 Å². The molecule has 0 saturated heterocycles. The standard InChI is InChI=1S/C17H20INS/c1-19(2)13-3-4-14-5-9-16(10-6-14)20-17-11-7-15(18)8-12-17/h5-12H,3-4,13H2,1-2H3. The number of hydrogen-bond donors (Lipinski definition) is 0. The second-order valence-electron chi connectivity index (χ2n) is 5.11. The van der Waals surface area contributed by atoms with Crippen LogP contribution in [0.25, 0.3) is 0 Å². The smallest absolute Gasteiger partial charge is 0.0131 e. The number of nitrogens with zero attached hydrogens (tertiary/aromatic N) is 1. The minimum Gasteiger partial charge on any atom is -0.309 e. The lowest BCUT2D eigenvalue weighted by atomic mass is 10.1. The molecule has 3 heteroatoms. The van der Waals surface area contributed by atoms with Crippen LogP contribution in [-0.2, 0) is 6.42 Å². The minimum atomic E-state index is 1.15. The number of aryl methyl sites for hydroxylation is 1. The Morgan fingerprint density at radius 3 is 2.00 bits per heavy atom. The quantitative estimate of drug-likeness (QED) is 0.636. The van der Waals surface area contributed by atoms with Crippen LogP contribution in [0.1, 0.15) is 12.0 Å². The lowest BCUT2D eigenvalue weighted by molar-refractivity contribution is 0.400. The fourth-order valence-electron chi connectivity index (χ4n) is 1.96. The lowest BCUT2D eigenvalue weighted by Gasteiger charge is -2.09. The number of hydrogen-bond acceptors (Lipinski definition) is 2. The van der Waals surface area contributed by atoms with Crippen molar-refractivity contribution in [2.24, 2.45) is 0 Å². The van der Waals surface area contributed by atoms with Crippen molar-refractivity contribution in [3.05, 3.63) is 57.7 Å². The SMILES string of the molecule is CN(C)CCCc1ccc(Sc2ccc(I)cc2)cc1. The highest BCUT2D eigenvalue weighted by atomic mass is 127. The van der Waals surface area contributed by atoms with Crippen LogP contribution in [0.4, 0.5) is 0 Å². The van der Waals surface area contributed by atoms with Crippen LogP contribution in [0.15, 0.2) is 58.3 Å². The average Bonchev–Trinajstić information content (AvgIpc) is 2.43. The van der Waals surface area contributed by atoms with Crippen molar-refractivity contribution in [3.63, 3.8) is 0 Å². The third kappa shape index (κ3) is 5.46. The predicted octanol–water partition coefficient (Wildman–Crippen LogP) is 4.94. The van der Waals surface area contributed by atoms with Gasteiger partial charge in [0.2, 0.25) is 0 Å². The molecule has 0 spiro atoms. The van der Waals surface area contributed by atoms with E-state index in [0.29, 0.717) is 0 Å². The van der Waals surface area contributed by atoms with Crippen molar-refractivity contribution in [2.75, 3.05) is 20.6 Å². The molecule has 2 rings (SSSR count). The van der Waals surface area contributed by atoms with Crippen LogP contribution in [0.5, 0.6) is 0 Å². The molecule has 0 aliphatic heterocycles. The van der Waals surface area contributed by atoms with Crippen LogP contribution in [0.3, 0.4) is 0 Å². The Hall–Kier alpha value is -0.520. The van der Waals surface area contributed by atoms with Gasteiger partial charge >= 0.3 is 0 Å². The predicted molar refractivity (Wildman–Crippen MR) is 96.6 cm³/mol. The fourth-order valence-corrected chi connectivity index (χ4v) is 3.14. The topological polar surface area (TPSA) is 3.24 Å². The molecule has 0 N–H and O–H groups in total. The molecule has 0 fully saturated rings. The molecule has 2 aromatic rings. The van der Waals surface area contributed by atoms with E-state index in [1.54, 1.807) is 0 Å². The molecular weight excluding hydrogens is 377 g/mol. The van der Waals surface area contributed by atoms with E-state index in [1.165, 1.54) is 25.3 Å². The zero-order valence-electron chi connectivity index (χ0n) is 12.0. The zero-order chi connectivity index (χ0) is 14.4. The summed E-state index contributed by atoms with van der Waals surface area (Å²) in [5.41, 5.74) is 1.43. The van der Waals surface area contributed by atoms with Crippen molar-refractivity contribution in [1.82, 2.24) is 4.90 Å². The highest BCUT2D eigenvalue weighted by Gasteiger charge is 1.99. The molecule has 0 bridgehead atoms. The molecule has 0 aliphatic carbocycles. The van der Waals surface area contributed by atoms with Crippen LogP contribution in [0.2, 0.25) is 0 Å². The van der Waals surface area contributed by atoms with Crippen LogP contribution >= 0.6 is 34.4 Å². The van der Waals surface area contributed by atoms with Crippen LogP contribution < -0.4 is 0 Å². The molecule has 0 aliphatic rings. The molecule has 106 valence electrons. The average molecular weight is 397 g/mol. The summed E-state index contributed by atoms with van der Waals surface area (Å²) in [4.78, 5) is 4.84. The lowest BCUT2D eigenvalue weighted by Crippen LogP contribution is -2.13. The van der Waals surface area contributed by atoms with Gasteiger partial charge in [0.1, 0.15) is 0 Å². The largest absolute Gasteiger partial charge is 0.309 e. The van der Waals surface area contributed by atoms with Crippen LogP contribution in [-0.4, -0.2) is 25.5 Å². The van der Waals surface area contributed by atoms with Gasteiger partial charge in [-0.2, -0.15) is 0 Å². The van der Waals surface area contributed by atoms with Gasteiger partial charge in [-0.25, -0.2) is 0 Å². The normalized spacial score (nSPS) is 11.0. The van der Waals surface area contributed by atoms with Gasteiger partial charge in [0.05, 0.1) is 0 Å². The Morgan fingerprint density at radius 2 is 1.45 bits per heavy atom. The first kappa shape index (κ1) is 15.9. The van der Waals surface area contributed by atoms with Gasteiger partial charge in [0.25, 0.3) is 0 Å². The third-order valence-corrected chi connectivity index (χ3v) is 4.78. The molecule has 0 saturated carbocycles. The molecule has 0 unspecified atom stereocenters. The number of halogens is 1. The summed E-state index contributed by atoms with van der Waals surface area (Å²) in [6.45, 7) is 1.15. The molecule has 0 atom stereocenters. The van der Waals surface area contributed by atoms with E-state index in [1.807, 2.05) is 11.8 Å². The van der Waals surface area contributed by atoms with E-state index in [0.717, 1.165) is 13.0 Å². The Balaban J connectivity index is 1.89. The maximum absolute atomic E-state index is 2.34. The maximum atomic E-state index is 2.34. The molecule has 20 heavy (non-hydrogen) atoms. The molecule has 0 amide bonds. The number of benzene rings is 2. The van der Waals surface area contributed by atoms with Gasteiger partial charge in [-0.05, 0) is 98.0 Å². The third-order valence-electron chi connectivity index (χ3n) is 3.04. The summed E-state index contributed by atoms with van der Waals surface area (Å²) in [7, 11) is 4.25. The number of rotatable bonds is 6.